The molecule has 3 nitrogen and oxygen atoms in total. The number of rotatable bonds is 6. The molecule has 2 atom stereocenters. The second-order valence-electron chi connectivity index (χ2n) is 4.05. The van der Waals surface area contributed by atoms with Crippen molar-refractivity contribution in [1.82, 2.24) is 15.6 Å². The summed E-state index contributed by atoms with van der Waals surface area (Å²) in [6.07, 6.45) is 0. The fraction of sp³-hybridized carbons (Fsp3) is 0.615. The smallest absolute Gasteiger partial charge is 0.0574 e. The molecule has 1 rings (SSSR count). The first-order valence-corrected chi connectivity index (χ1v) is 6.12. The molecule has 2 unspecified atom stereocenters. The summed E-state index contributed by atoms with van der Waals surface area (Å²) in [6.45, 7) is 10.5. The first-order chi connectivity index (χ1) is 7.69. The van der Waals surface area contributed by atoms with E-state index in [9.17, 15) is 0 Å². The van der Waals surface area contributed by atoms with Crippen LogP contribution in [0.4, 0.5) is 0 Å². The molecule has 3 heteroatoms. The minimum atomic E-state index is 0.318. The Hall–Kier alpha value is -0.930. The highest BCUT2D eigenvalue weighted by atomic mass is 15.0. The zero-order valence-corrected chi connectivity index (χ0v) is 10.7. The molecule has 0 aliphatic heterocycles. The van der Waals surface area contributed by atoms with Gasteiger partial charge in [0.05, 0.1) is 11.4 Å². The Bertz CT molecular complexity index is 285. The van der Waals surface area contributed by atoms with Crippen LogP contribution >= 0.6 is 0 Å². The van der Waals surface area contributed by atoms with E-state index in [4.69, 9.17) is 0 Å². The van der Waals surface area contributed by atoms with Crippen LogP contribution in [-0.4, -0.2) is 18.1 Å². The van der Waals surface area contributed by atoms with Gasteiger partial charge in [0.25, 0.3) is 0 Å². The molecule has 2 N–H and O–H groups in total. The highest BCUT2D eigenvalue weighted by molar-refractivity contribution is 5.16. The lowest BCUT2D eigenvalue weighted by Crippen LogP contribution is -2.22. The molecule has 0 saturated carbocycles. The zero-order valence-electron chi connectivity index (χ0n) is 10.7. The largest absolute Gasteiger partial charge is 0.309 e. The van der Waals surface area contributed by atoms with Crippen molar-refractivity contribution in [1.29, 1.82) is 0 Å². The van der Waals surface area contributed by atoms with Crippen LogP contribution in [0, 0.1) is 0 Å². The topological polar surface area (TPSA) is 37.0 Å². The van der Waals surface area contributed by atoms with E-state index in [2.05, 4.69) is 61.5 Å². The summed E-state index contributed by atoms with van der Waals surface area (Å²) in [6, 6.07) is 6.88. The Kier molecular flexibility index (Phi) is 5.43. The average Bonchev–Trinajstić information content (AvgIpc) is 2.30. The highest BCUT2D eigenvalue weighted by Crippen LogP contribution is 2.14. The van der Waals surface area contributed by atoms with Gasteiger partial charge in [-0.25, -0.2) is 0 Å². The Labute approximate surface area is 98.7 Å². The second kappa shape index (κ2) is 6.61. The Balaban J connectivity index is 2.77. The van der Waals surface area contributed by atoms with E-state index >= 15 is 0 Å². The molecule has 0 aliphatic rings. The van der Waals surface area contributed by atoms with Crippen molar-refractivity contribution in [2.45, 2.75) is 39.8 Å². The normalized spacial score (nSPS) is 14.8. The van der Waals surface area contributed by atoms with Crippen molar-refractivity contribution in [3.63, 3.8) is 0 Å². The number of hydrogen-bond acceptors (Lipinski definition) is 3. The Morgan fingerprint density at radius 2 is 1.44 bits per heavy atom. The third kappa shape index (κ3) is 3.58. The second-order valence-corrected chi connectivity index (χ2v) is 4.05. The monoisotopic (exact) mass is 221 g/mol. The molecule has 90 valence electrons. The van der Waals surface area contributed by atoms with E-state index in [1.54, 1.807) is 0 Å². The van der Waals surface area contributed by atoms with Gasteiger partial charge in [-0.15, -0.1) is 0 Å². The molecular weight excluding hydrogens is 198 g/mol. The minimum absolute atomic E-state index is 0.318. The summed E-state index contributed by atoms with van der Waals surface area (Å²) in [5, 5.41) is 6.75. The lowest BCUT2D eigenvalue weighted by Gasteiger charge is -2.16. The summed E-state index contributed by atoms with van der Waals surface area (Å²) >= 11 is 0. The summed E-state index contributed by atoms with van der Waals surface area (Å²) in [4.78, 5) is 4.68. The Morgan fingerprint density at radius 3 is 1.81 bits per heavy atom. The van der Waals surface area contributed by atoms with Crippen LogP contribution in [-0.2, 0) is 0 Å². The fourth-order valence-corrected chi connectivity index (χ4v) is 1.77. The number of nitrogens with zero attached hydrogens (tertiary/aromatic N) is 1. The van der Waals surface area contributed by atoms with Crippen LogP contribution in [0.5, 0.6) is 0 Å². The van der Waals surface area contributed by atoms with Gasteiger partial charge in [-0.3, -0.25) is 4.98 Å². The predicted octanol–water partition coefficient (Wildman–Crippen LogP) is 2.42. The summed E-state index contributed by atoms with van der Waals surface area (Å²) in [5.41, 5.74) is 2.23. The molecule has 0 fully saturated rings. The molecule has 0 aliphatic carbocycles. The summed E-state index contributed by atoms with van der Waals surface area (Å²) in [7, 11) is 0. The molecule has 0 saturated heterocycles. The number of hydrogen-bond donors (Lipinski definition) is 2. The molecular formula is C13H23N3. The van der Waals surface area contributed by atoms with Crippen LogP contribution in [0.2, 0.25) is 0 Å². The van der Waals surface area contributed by atoms with Gasteiger partial charge in [-0.1, -0.05) is 19.9 Å². The van der Waals surface area contributed by atoms with Gasteiger partial charge in [0.1, 0.15) is 0 Å². The van der Waals surface area contributed by atoms with Crippen LogP contribution in [0.25, 0.3) is 0 Å². The van der Waals surface area contributed by atoms with Gasteiger partial charge in [0, 0.05) is 12.1 Å². The number of pyridine rings is 1. The lowest BCUT2D eigenvalue weighted by atomic mass is 10.1. The van der Waals surface area contributed by atoms with Crippen molar-refractivity contribution in [3.8, 4) is 0 Å². The van der Waals surface area contributed by atoms with E-state index in [0.717, 1.165) is 24.5 Å². The van der Waals surface area contributed by atoms with Crippen molar-refractivity contribution < 1.29 is 0 Å². The molecule has 0 spiro atoms. The average molecular weight is 221 g/mol. The SMILES string of the molecule is CCNC(C)c1cccc(C(C)NCC)n1. The predicted molar refractivity (Wildman–Crippen MR) is 68.4 cm³/mol. The molecule has 1 aromatic heterocycles. The summed E-state index contributed by atoms with van der Waals surface area (Å²) < 4.78 is 0. The Morgan fingerprint density at radius 1 is 1.00 bits per heavy atom. The van der Waals surface area contributed by atoms with E-state index in [0.29, 0.717) is 12.1 Å². The fourth-order valence-electron chi connectivity index (χ4n) is 1.77. The standard InChI is InChI=1S/C13H23N3/c1-5-14-10(3)12-8-7-9-13(16-12)11(4)15-6-2/h7-11,14-15H,5-6H2,1-4H3. The van der Waals surface area contributed by atoms with Crippen molar-refractivity contribution in [2.75, 3.05) is 13.1 Å². The minimum Gasteiger partial charge on any atom is -0.309 e. The highest BCUT2D eigenvalue weighted by Gasteiger charge is 2.09. The van der Waals surface area contributed by atoms with Crippen LogP contribution in [0.15, 0.2) is 18.2 Å². The number of nitrogens with one attached hydrogen (secondary N) is 2. The van der Waals surface area contributed by atoms with E-state index in [1.807, 2.05) is 0 Å². The van der Waals surface area contributed by atoms with E-state index in [-0.39, 0.29) is 0 Å². The van der Waals surface area contributed by atoms with Gasteiger partial charge in [0.15, 0.2) is 0 Å². The first kappa shape index (κ1) is 13.1. The van der Waals surface area contributed by atoms with Crippen molar-refractivity contribution in [3.05, 3.63) is 29.6 Å². The molecule has 0 radical (unpaired) electrons. The van der Waals surface area contributed by atoms with Gasteiger partial charge >= 0.3 is 0 Å². The quantitative estimate of drug-likeness (QED) is 0.774. The molecule has 16 heavy (non-hydrogen) atoms. The molecule has 0 amide bonds. The van der Waals surface area contributed by atoms with Crippen molar-refractivity contribution in [2.24, 2.45) is 0 Å². The molecule has 0 bridgehead atoms. The molecule has 0 aromatic carbocycles. The van der Waals surface area contributed by atoms with Gasteiger partial charge in [-0.2, -0.15) is 0 Å². The van der Waals surface area contributed by atoms with Crippen LogP contribution in [0.3, 0.4) is 0 Å². The summed E-state index contributed by atoms with van der Waals surface area (Å²) in [5.74, 6) is 0. The first-order valence-electron chi connectivity index (χ1n) is 6.12. The van der Waals surface area contributed by atoms with Crippen LogP contribution < -0.4 is 10.6 Å². The third-order valence-corrected chi connectivity index (χ3v) is 2.70. The van der Waals surface area contributed by atoms with Crippen LogP contribution in [0.1, 0.15) is 51.2 Å². The molecule has 1 aromatic rings. The maximum absolute atomic E-state index is 4.68. The zero-order chi connectivity index (χ0) is 12.0. The van der Waals surface area contributed by atoms with Gasteiger partial charge in [-0.05, 0) is 39.1 Å². The maximum Gasteiger partial charge on any atom is 0.0574 e. The lowest BCUT2D eigenvalue weighted by molar-refractivity contribution is 0.556. The number of aromatic nitrogens is 1. The van der Waals surface area contributed by atoms with E-state index < -0.39 is 0 Å². The van der Waals surface area contributed by atoms with Crippen molar-refractivity contribution >= 4 is 0 Å². The molecule has 1 heterocycles. The maximum atomic E-state index is 4.68. The van der Waals surface area contributed by atoms with E-state index in [1.165, 1.54) is 0 Å². The third-order valence-electron chi connectivity index (χ3n) is 2.70. The van der Waals surface area contributed by atoms with Gasteiger partial charge in [0.2, 0.25) is 0 Å². The van der Waals surface area contributed by atoms with Gasteiger partial charge < -0.3 is 10.6 Å².